The molecule has 1 saturated carbocycles. The summed E-state index contributed by atoms with van der Waals surface area (Å²) in [5.74, 6) is 1.95. The van der Waals surface area contributed by atoms with E-state index in [0.29, 0.717) is 6.04 Å². The Labute approximate surface area is 102 Å². The zero-order valence-corrected chi connectivity index (χ0v) is 10.2. The van der Waals surface area contributed by atoms with E-state index in [1.807, 2.05) is 18.2 Å². The van der Waals surface area contributed by atoms with Gasteiger partial charge in [0.1, 0.15) is 5.82 Å². The standard InChI is InChI=1S/C14H19N3/c1-2-11(10-7-8-10)15-9-14-16-12-5-3-4-6-13(12)17-14/h3-6,10-11,15H,2,7-9H2,1H3,(H,16,17). The Kier molecular flexibility index (Phi) is 2.85. The lowest BCUT2D eigenvalue weighted by atomic mass is 10.1. The van der Waals surface area contributed by atoms with Crippen LogP contribution in [0.25, 0.3) is 11.0 Å². The monoisotopic (exact) mass is 229 g/mol. The van der Waals surface area contributed by atoms with Gasteiger partial charge in [-0.25, -0.2) is 4.98 Å². The molecular weight excluding hydrogens is 210 g/mol. The molecule has 2 aromatic rings. The first-order chi connectivity index (χ1) is 8.36. The van der Waals surface area contributed by atoms with Gasteiger partial charge in [-0.3, -0.25) is 0 Å². The lowest BCUT2D eigenvalue weighted by molar-refractivity contribution is 0.444. The van der Waals surface area contributed by atoms with Crippen LogP contribution in [0.15, 0.2) is 24.3 Å². The summed E-state index contributed by atoms with van der Waals surface area (Å²) in [6.07, 6.45) is 4.00. The van der Waals surface area contributed by atoms with Crippen LogP contribution in [0.4, 0.5) is 0 Å². The van der Waals surface area contributed by atoms with Crippen LogP contribution in [0, 0.1) is 5.92 Å². The van der Waals surface area contributed by atoms with Gasteiger partial charge in [0.25, 0.3) is 0 Å². The van der Waals surface area contributed by atoms with Crippen molar-refractivity contribution in [2.24, 2.45) is 5.92 Å². The minimum Gasteiger partial charge on any atom is -0.341 e. The maximum absolute atomic E-state index is 4.58. The van der Waals surface area contributed by atoms with E-state index in [9.17, 15) is 0 Å². The number of hydrogen-bond acceptors (Lipinski definition) is 2. The van der Waals surface area contributed by atoms with E-state index < -0.39 is 0 Å². The summed E-state index contributed by atoms with van der Waals surface area (Å²) in [4.78, 5) is 7.94. The number of nitrogens with zero attached hydrogens (tertiary/aromatic N) is 1. The third kappa shape index (κ3) is 2.34. The number of imidazole rings is 1. The molecule has 1 heterocycles. The Hall–Kier alpha value is -1.35. The van der Waals surface area contributed by atoms with Gasteiger partial charge >= 0.3 is 0 Å². The largest absolute Gasteiger partial charge is 0.341 e. The molecule has 1 aliphatic rings. The van der Waals surface area contributed by atoms with E-state index in [-0.39, 0.29) is 0 Å². The molecule has 1 aromatic carbocycles. The van der Waals surface area contributed by atoms with Crippen LogP contribution < -0.4 is 5.32 Å². The third-order valence-electron chi connectivity index (χ3n) is 3.60. The number of aromatic nitrogens is 2. The van der Waals surface area contributed by atoms with Crippen molar-refractivity contribution in [2.45, 2.75) is 38.8 Å². The first kappa shape index (κ1) is 10.8. The predicted octanol–water partition coefficient (Wildman–Crippen LogP) is 2.84. The van der Waals surface area contributed by atoms with Crippen molar-refractivity contribution in [1.82, 2.24) is 15.3 Å². The number of fused-ring (bicyclic) bond motifs is 1. The highest BCUT2D eigenvalue weighted by atomic mass is 15.0. The second kappa shape index (κ2) is 4.49. The smallest absolute Gasteiger partial charge is 0.121 e. The van der Waals surface area contributed by atoms with Crippen LogP contribution in [-0.4, -0.2) is 16.0 Å². The summed E-state index contributed by atoms with van der Waals surface area (Å²) in [6.45, 7) is 3.11. The second-order valence-corrected chi connectivity index (χ2v) is 4.93. The van der Waals surface area contributed by atoms with Gasteiger partial charge in [0, 0.05) is 6.04 Å². The van der Waals surface area contributed by atoms with Gasteiger partial charge in [0.2, 0.25) is 0 Å². The first-order valence-corrected chi connectivity index (χ1v) is 6.54. The average Bonchev–Trinajstić information content (AvgIpc) is 3.09. The lowest BCUT2D eigenvalue weighted by Gasteiger charge is -2.14. The molecule has 1 fully saturated rings. The molecule has 17 heavy (non-hydrogen) atoms. The van der Waals surface area contributed by atoms with Crippen LogP contribution in [0.1, 0.15) is 32.0 Å². The van der Waals surface area contributed by atoms with Crippen LogP contribution in [0.2, 0.25) is 0 Å². The van der Waals surface area contributed by atoms with Crippen molar-refractivity contribution in [3.8, 4) is 0 Å². The summed E-state index contributed by atoms with van der Waals surface area (Å²) in [6, 6.07) is 8.86. The highest BCUT2D eigenvalue weighted by Gasteiger charge is 2.29. The Morgan fingerprint density at radius 1 is 1.41 bits per heavy atom. The van der Waals surface area contributed by atoms with Gasteiger partial charge in [0.15, 0.2) is 0 Å². The fourth-order valence-corrected chi connectivity index (χ4v) is 2.46. The summed E-state index contributed by atoms with van der Waals surface area (Å²) < 4.78 is 0. The third-order valence-corrected chi connectivity index (χ3v) is 3.60. The van der Waals surface area contributed by atoms with Gasteiger partial charge in [-0.1, -0.05) is 19.1 Å². The highest BCUT2D eigenvalue weighted by molar-refractivity contribution is 5.74. The summed E-state index contributed by atoms with van der Waals surface area (Å²) >= 11 is 0. The molecular formula is C14H19N3. The van der Waals surface area contributed by atoms with Gasteiger partial charge in [-0.15, -0.1) is 0 Å². The summed E-state index contributed by atoms with van der Waals surface area (Å²) in [5, 5.41) is 3.61. The molecule has 3 heteroatoms. The fourth-order valence-electron chi connectivity index (χ4n) is 2.46. The van der Waals surface area contributed by atoms with Crippen LogP contribution in [0.3, 0.4) is 0 Å². The Bertz CT molecular complexity index is 466. The van der Waals surface area contributed by atoms with Crippen molar-refractivity contribution in [3.05, 3.63) is 30.1 Å². The quantitative estimate of drug-likeness (QED) is 0.827. The maximum atomic E-state index is 4.58. The zero-order chi connectivity index (χ0) is 11.7. The zero-order valence-electron chi connectivity index (χ0n) is 10.2. The lowest BCUT2D eigenvalue weighted by Crippen LogP contribution is -2.30. The molecule has 0 saturated heterocycles. The number of aromatic amines is 1. The molecule has 2 N–H and O–H groups in total. The van der Waals surface area contributed by atoms with Crippen molar-refractivity contribution in [3.63, 3.8) is 0 Å². The molecule has 3 nitrogen and oxygen atoms in total. The van der Waals surface area contributed by atoms with Gasteiger partial charge in [0.05, 0.1) is 17.6 Å². The van der Waals surface area contributed by atoms with Crippen LogP contribution in [-0.2, 0) is 6.54 Å². The predicted molar refractivity (Wildman–Crippen MR) is 69.7 cm³/mol. The Morgan fingerprint density at radius 2 is 2.24 bits per heavy atom. The van der Waals surface area contributed by atoms with E-state index in [0.717, 1.165) is 29.3 Å². The van der Waals surface area contributed by atoms with Gasteiger partial charge < -0.3 is 10.3 Å². The Balaban J connectivity index is 1.67. The van der Waals surface area contributed by atoms with Crippen molar-refractivity contribution < 1.29 is 0 Å². The fraction of sp³-hybridized carbons (Fsp3) is 0.500. The summed E-state index contributed by atoms with van der Waals surface area (Å²) in [7, 11) is 0. The number of rotatable bonds is 5. The number of hydrogen-bond donors (Lipinski definition) is 2. The minimum atomic E-state index is 0.670. The topological polar surface area (TPSA) is 40.7 Å². The van der Waals surface area contributed by atoms with E-state index in [1.54, 1.807) is 0 Å². The number of benzene rings is 1. The number of H-pyrrole nitrogens is 1. The number of nitrogens with one attached hydrogen (secondary N) is 2. The van der Waals surface area contributed by atoms with E-state index in [4.69, 9.17) is 0 Å². The maximum Gasteiger partial charge on any atom is 0.121 e. The van der Waals surface area contributed by atoms with E-state index in [2.05, 4.69) is 28.3 Å². The van der Waals surface area contributed by atoms with Crippen molar-refractivity contribution >= 4 is 11.0 Å². The highest BCUT2D eigenvalue weighted by Crippen LogP contribution is 2.33. The molecule has 1 aromatic heterocycles. The van der Waals surface area contributed by atoms with Crippen molar-refractivity contribution in [1.29, 1.82) is 0 Å². The second-order valence-electron chi connectivity index (χ2n) is 4.93. The average molecular weight is 229 g/mol. The molecule has 0 aliphatic heterocycles. The van der Waals surface area contributed by atoms with Crippen LogP contribution >= 0.6 is 0 Å². The minimum absolute atomic E-state index is 0.670. The van der Waals surface area contributed by atoms with Gasteiger partial charge in [-0.05, 0) is 37.3 Å². The molecule has 0 spiro atoms. The molecule has 0 amide bonds. The Morgan fingerprint density at radius 3 is 2.94 bits per heavy atom. The normalized spacial score (nSPS) is 17.5. The van der Waals surface area contributed by atoms with Crippen molar-refractivity contribution in [2.75, 3.05) is 0 Å². The van der Waals surface area contributed by atoms with E-state index >= 15 is 0 Å². The van der Waals surface area contributed by atoms with Crippen LogP contribution in [0.5, 0.6) is 0 Å². The molecule has 1 aliphatic carbocycles. The molecule has 3 rings (SSSR count). The molecule has 0 radical (unpaired) electrons. The molecule has 90 valence electrons. The molecule has 1 atom stereocenters. The molecule has 0 bridgehead atoms. The van der Waals surface area contributed by atoms with Gasteiger partial charge in [-0.2, -0.15) is 0 Å². The SMILES string of the molecule is CCC(NCc1nc2ccccc2[nH]1)C1CC1. The first-order valence-electron chi connectivity index (χ1n) is 6.54. The molecule has 1 unspecified atom stereocenters. The number of para-hydroxylation sites is 2. The summed E-state index contributed by atoms with van der Waals surface area (Å²) in [5.41, 5.74) is 2.19. The van der Waals surface area contributed by atoms with E-state index in [1.165, 1.54) is 19.3 Å².